The zero-order chi connectivity index (χ0) is 18.5. The minimum Gasteiger partial charge on any atom is -0.354 e. The van der Waals surface area contributed by atoms with E-state index in [4.69, 9.17) is 0 Å². The van der Waals surface area contributed by atoms with E-state index in [-0.39, 0.29) is 0 Å². The monoisotopic (exact) mass is 350 g/mol. The predicted molar refractivity (Wildman–Crippen MR) is 107 cm³/mol. The van der Waals surface area contributed by atoms with Crippen LogP contribution in [0, 0.1) is 6.92 Å². The number of nitrogens with zero attached hydrogens (tertiary/aromatic N) is 5. The van der Waals surface area contributed by atoms with Crippen LogP contribution in [0.2, 0.25) is 0 Å². The number of aromatic nitrogens is 3. The Morgan fingerprint density at radius 1 is 0.800 bits per heavy atom. The van der Waals surface area contributed by atoms with E-state index in [1.807, 2.05) is 6.92 Å². The topological polar surface area (TPSA) is 57.2 Å². The van der Waals surface area contributed by atoms with Crippen molar-refractivity contribution in [3.63, 3.8) is 0 Å². The highest BCUT2D eigenvalue weighted by atomic mass is 15.3. The summed E-state index contributed by atoms with van der Waals surface area (Å²) in [4.78, 5) is 17.9. The molecule has 25 heavy (non-hydrogen) atoms. The van der Waals surface area contributed by atoms with Crippen molar-refractivity contribution in [3.8, 4) is 0 Å². The van der Waals surface area contributed by atoms with E-state index in [2.05, 4.69) is 58.1 Å². The fraction of sp³-hybridized carbons (Fsp3) is 0.842. The van der Waals surface area contributed by atoms with Crippen LogP contribution in [0.25, 0.3) is 0 Å². The average Bonchev–Trinajstić information content (AvgIpc) is 2.57. The zero-order valence-corrected chi connectivity index (χ0v) is 17.0. The van der Waals surface area contributed by atoms with Crippen LogP contribution >= 0.6 is 0 Å². The Morgan fingerprint density at radius 3 is 2.16 bits per heavy atom. The molecule has 0 bridgehead atoms. The minimum absolute atomic E-state index is 0.705. The normalized spacial score (nSPS) is 11.1. The molecule has 0 aliphatic carbocycles. The highest BCUT2D eigenvalue weighted by Gasteiger charge is 2.08. The van der Waals surface area contributed by atoms with Gasteiger partial charge >= 0.3 is 0 Å². The van der Waals surface area contributed by atoms with Crippen LogP contribution in [-0.2, 0) is 0 Å². The van der Waals surface area contributed by atoms with Crippen molar-refractivity contribution in [3.05, 3.63) is 5.82 Å². The smallest absolute Gasteiger partial charge is 0.230 e. The zero-order valence-electron chi connectivity index (χ0n) is 17.0. The molecule has 0 radical (unpaired) electrons. The van der Waals surface area contributed by atoms with Gasteiger partial charge in [0.05, 0.1) is 0 Å². The molecule has 1 aromatic heterocycles. The third-order valence-corrected chi connectivity index (χ3v) is 4.24. The number of nitrogens with one attached hydrogen (secondary N) is 1. The Balaban J connectivity index is 2.35. The van der Waals surface area contributed by atoms with E-state index in [1.54, 1.807) is 0 Å². The molecule has 1 heterocycles. The summed E-state index contributed by atoms with van der Waals surface area (Å²) in [5.41, 5.74) is 0. The molecule has 0 amide bonds. The summed E-state index contributed by atoms with van der Waals surface area (Å²) in [7, 11) is 6.33. The Kier molecular flexibility index (Phi) is 11.1. The van der Waals surface area contributed by atoms with Gasteiger partial charge in [0.25, 0.3) is 0 Å². The first-order valence-electron chi connectivity index (χ1n) is 9.85. The second kappa shape index (κ2) is 12.9. The molecule has 0 saturated heterocycles. The molecular formula is C19H38N6. The van der Waals surface area contributed by atoms with Crippen LogP contribution < -0.4 is 10.2 Å². The molecule has 0 aliphatic heterocycles. The summed E-state index contributed by atoms with van der Waals surface area (Å²) >= 11 is 0. The molecular weight excluding hydrogens is 312 g/mol. The lowest BCUT2D eigenvalue weighted by Crippen LogP contribution is -2.22. The summed E-state index contributed by atoms with van der Waals surface area (Å²) in [5.74, 6) is 2.26. The number of rotatable bonds is 14. The first-order chi connectivity index (χ1) is 12.0. The molecule has 0 aliphatic rings. The summed E-state index contributed by atoms with van der Waals surface area (Å²) in [6.07, 6.45) is 9.96. The molecule has 0 unspecified atom stereocenters. The molecule has 1 rings (SSSR count). The van der Waals surface area contributed by atoms with Crippen molar-refractivity contribution in [1.29, 1.82) is 0 Å². The van der Waals surface area contributed by atoms with Crippen molar-refractivity contribution < 1.29 is 0 Å². The highest BCUT2D eigenvalue weighted by Crippen LogP contribution is 2.11. The van der Waals surface area contributed by atoms with Gasteiger partial charge in [-0.25, -0.2) is 0 Å². The number of aryl methyl sites for hydroxylation is 1. The van der Waals surface area contributed by atoms with Gasteiger partial charge in [0.2, 0.25) is 11.9 Å². The maximum Gasteiger partial charge on any atom is 0.230 e. The molecule has 0 aromatic carbocycles. The van der Waals surface area contributed by atoms with Crippen molar-refractivity contribution in [2.75, 3.05) is 51.0 Å². The van der Waals surface area contributed by atoms with E-state index in [0.717, 1.165) is 31.3 Å². The van der Waals surface area contributed by atoms with Crippen LogP contribution in [0.1, 0.15) is 64.1 Å². The van der Waals surface area contributed by atoms with Crippen LogP contribution in [-0.4, -0.2) is 60.6 Å². The van der Waals surface area contributed by atoms with Gasteiger partial charge in [-0.15, -0.1) is 0 Å². The third-order valence-electron chi connectivity index (χ3n) is 4.24. The maximum absolute atomic E-state index is 4.58. The predicted octanol–water partition coefficient (Wildman–Crippen LogP) is 3.73. The molecule has 1 N–H and O–H groups in total. The maximum atomic E-state index is 4.58. The lowest BCUT2D eigenvalue weighted by molar-refractivity contribution is 0.390. The average molecular weight is 351 g/mol. The largest absolute Gasteiger partial charge is 0.354 e. The van der Waals surface area contributed by atoms with Crippen LogP contribution in [0.15, 0.2) is 0 Å². The van der Waals surface area contributed by atoms with Crippen molar-refractivity contribution in [2.45, 2.75) is 65.2 Å². The summed E-state index contributed by atoms with van der Waals surface area (Å²) in [6, 6.07) is 0. The number of unbranched alkanes of at least 4 members (excludes halogenated alkanes) is 6. The first kappa shape index (κ1) is 21.6. The number of hydrogen-bond acceptors (Lipinski definition) is 6. The standard InChI is InChI=1S/C19H38N6/c1-6-7-8-11-14-20-18-21-17(2)22-19(23-18)25(5)16-13-10-9-12-15-24(3)4/h6-16H2,1-5H3,(H,20,21,22,23). The summed E-state index contributed by atoms with van der Waals surface area (Å²) < 4.78 is 0. The fourth-order valence-electron chi connectivity index (χ4n) is 2.70. The molecule has 1 aromatic rings. The fourth-order valence-corrected chi connectivity index (χ4v) is 2.70. The van der Waals surface area contributed by atoms with E-state index in [0.29, 0.717) is 5.95 Å². The molecule has 0 atom stereocenters. The lowest BCUT2D eigenvalue weighted by atomic mass is 10.2. The number of hydrogen-bond donors (Lipinski definition) is 1. The second-order valence-corrected chi connectivity index (χ2v) is 7.13. The molecule has 144 valence electrons. The van der Waals surface area contributed by atoms with E-state index in [9.17, 15) is 0 Å². The van der Waals surface area contributed by atoms with Gasteiger partial charge in [-0.1, -0.05) is 39.0 Å². The van der Waals surface area contributed by atoms with E-state index < -0.39 is 0 Å². The highest BCUT2D eigenvalue weighted by molar-refractivity contribution is 5.36. The third kappa shape index (κ3) is 10.2. The SMILES string of the molecule is CCCCCCNc1nc(C)nc(N(C)CCCCCCN(C)C)n1. The van der Waals surface area contributed by atoms with Crippen LogP contribution in [0.3, 0.4) is 0 Å². The van der Waals surface area contributed by atoms with Gasteiger partial charge in [-0.2, -0.15) is 15.0 Å². The van der Waals surface area contributed by atoms with E-state index in [1.165, 1.54) is 51.5 Å². The Labute approximate surface area is 154 Å². The van der Waals surface area contributed by atoms with Crippen LogP contribution in [0.4, 0.5) is 11.9 Å². The van der Waals surface area contributed by atoms with Gasteiger partial charge in [0.1, 0.15) is 5.82 Å². The van der Waals surface area contributed by atoms with Crippen LogP contribution in [0.5, 0.6) is 0 Å². The van der Waals surface area contributed by atoms with Crippen molar-refractivity contribution in [2.24, 2.45) is 0 Å². The molecule has 0 saturated carbocycles. The first-order valence-corrected chi connectivity index (χ1v) is 9.85. The Bertz CT molecular complexity index is 463. The van der Waals surface area contributed by atoms with Gasteiger partial charge in [-0.05, 0) is 46.8 Å². The second-order valence-electron chi connectivity index (χ2n) is 7.13. The molecule has 0 spiro atoms. The lowest BCUT2D eigenvalue weighted by Gasteiger charge is -2.18. The summed E-state index contributed by atoms with van der Waals surface area (Å²) in [6.45, 7) is 7.26. The molecule has 6 heteroatoms. The molecule has 0 fully saturated rings. The Hall–Kier alpha value is -1.43. The quantitative estimate of drug-likeness (QED) is 0.516. The minimum atomic E-state index is 0.705. The van der Waals surface area contributed by atoms with Gasteiger partial charge in [0, 0.05) is 20.1 Å². The van der Waals surface area contributed by atoms with Gasteiger partial charge in [0.15, 0.2) is 0 Å². The summed E-state index contributed by atoms with van der Waals surface area (Å²) in [5, 5.41) is 3.34. The molecule has 6 nitrogen and oxygen atoms in total. The number of anilines is 2. The van der Waals surface area contributed by atoms with Crippen molar-refractivity contribution >= 4 is 11.9 Å². The van der Waals surface area contributed by atoms with Crippen molar-refractivity contribution in [1.82, 2.24) is 19.9 Å². The van der Waals surface area contributed by atoms with Gasteiger partial charge in [-0.3, -0.25) is 0 Å². The van der Waals surface area contributed by atoms with E-state index >= 15 is 0 Å². The Morgan fingerprint density at radius 2 is 1.48 bits per heavy atom. The van der Waals surface area contributed by atoms with Gasteiger partial charge < -0.3 is 15.1 Å².